The quantitative estimate of drug-likeness (QED) is 0.339. The molecule has 0 bridgehead atoms. The zero-order valence-electron chi connectivity index (χ0n) is 9.03. The molecule has 3 heteroatoms. The summed E-state index contributed by atoms with van der Waals surface area (Å²) in [5, 5.41) is 0. The fourth-order valence-electron chi connectivity index (χ4n) is 1.55. The maximum atomic E-state index is 5.47. The first-order chi connectivity index (χ1) is 7.29. The number of rotatable bonds is 3. The van der Waals surface area contributed by atoms with Crippen LogP contribution in [0.5, 0.6) is 0 Å². The maximum Gasteiger partial charge on any atom is 0.115 e. The number of aryl methyl sites for hydroxylation is 1. The lowest BCUT2D eigenvalue weighted by Crippen LogP contribution is -2.32. The highest BCUT2D eigenvalue weighted by Crippen LogP contribution is 2.23. The van der Waals surface area contributed by atoms with E-state index in [1.807, 2.05) is 12.1 Å². The first-order valence-electron chi connectivity index (χ1n) is 5.37. The summed E-state index contributed by atoms with van der Waals surface area (Å²) in [7, 11) is 0. The Kier molecular flexibility index (Phi) is 3.02. The minimum atomic E-state index is 0.514. The van der Waals surface area contributed by atoms with Crippen molar-refractivity contribution >= 4 is 5.84 Å². The zero-order valence-corrected chi connectivity index (χ0v) is 9.03. The van der Waals surface area contributed by atoms with Gasteiger partial charge in [0.05, 0.1) is 6.04 Å². The molecular weight excluding hydrogens is 186 g/mol. The lowest BCUT2D eigenvalue weighted by atomic mass is 10.1. The van der Waals surface area contributed by atoms with Gasteiger partial charge < -0.3 is 5.43 Å². The molecule has 15 heavy (non-hydrogen) atoms. The van der Waals surface area contributed by atoms with Crippen LogP contribution in [0.1, 0.15) is 24.0 Å². The summed E-state index contributed by atoms with van der Waals surface area (Å²) in [5.74, 6) is 6.36. The molecule has 1 aliphatic carbocycles. The number of hydrazine groups is 1. The molecule has 3 nitrogen and oxygen atoms in total. The molecule has 0 atom stereocenters. The molecule has 80 valence electrons. The summed E-state index contributed by atoms with van der Waals surface area (Å²) in [6, 6.07) is 8.84. The van der Waals surface area contributed by atoms with E-state index in [2.05, 4.69) is 29.5 Å². The normalized spacial score (nSPS) is 16.5. The number of aliphatic imine (C=N–C) groups is 1. The lowest BCUT2D eigenvalue weighted by Gasteiger charge is -2.08. The minimum absolute atomic E-state index is 0.514. The molecule has 1 saturated carbocycles. The van der Waals surface area contributed by atoms with Gasteiger partial charge in [0.25, 0.3) is 0 Å². The molecule has 0 spiro atoms. The molecule has 1 fully saturated rings. The first-order valence-corrected chi connectivity index (χ1v) is 5.37. The van der Waals surface area contributed by atoms with Crippen LogP contribution in [-0.4, -0.2) is 11.9 Å². The van der Waals surface area contributed by atoms with Gasteiger partial charge in [-0.1, -0.05) is 24.3 Å². The summed E-state index contributed by atoms with van der Waals surface area (Å²) < 4.78 is 0. The van der Waals surface area contributed by atoms with E-state index in [0.717, 1.165) is 12.3 Å². The summed E-state index contributed by atoms with van der Waals surface area (Å²) in [6.45, 7) is 2.11. The third-order valence-electron chi connectivity index (χ3n) is 2.67. The molecule has 2 rings (SSSR count). The highest BCUT2D eigenvalue weighted by atomic mass is 15.3. The molecule has 3 N–H and O–H groups in total. The summed E-state index contributed by atoms with van der Waals surface area (Å²) in [5.41, 5.74) is 5.27. The standard InChI is InChI=1S/C12H17N3/c1-9-4-2-3-5-10(9)8-12(15-13)14-11-6-7-11/h2-5,11H,6-8,13H2,1H3,(H,14,15). The Morgan fingerprint density at radius 3 is 2.80 bits per heavy atom. The zero-order chi connectivity index (χ0) is 10.7. The fraction of sp³-hybridized carbons (Fsp3) is 0.417. The summed E-state index contributed by atoms with van der Waals surface area (Å²) in [4.78, 5) is 4.52. The summed E-state index contributed by atoms with van der Waals surface area (Å²) >= 11 is 0. The monoisotopic (exact) mass is 203 g/mol. The summed E-state index contributed by atoms with van der Waals surface area (Å²) in [6.07, 6.45) is 3.22. The van der Waals surface area contributed by atoms with E-state index in [-0.39, 0.29) is 0 Å². The van der Waals surface area contributed by atoms with E-state index in [1.54, 1.807) is 0 Å². The van der Waals surface area contributed by atoms with Crippen LogP contribution in [0.2, 0.25) is 0 Å². The minimum Gasteiger partial charge on any atom is -0.312 e. The van der Waals surface area contributed by atoms with E-state index in [1.165, 1.54) is 24.0 Å². The van der Waals surface area contributed by atoms with Crippen LogP contribution in [0.25, 0.3) is 0 Å². The molecule has 0 amide bonds. The van der Waals surface area contributed by atoms with Crippen LogP contribution >= 0.6 is 0 Å². The number of hydrogen-bond acceptors (Lipinski definition) is 2. The molecular formula is C12H17N3. The number of nitrogens with one attached hydrogen (secondary N) is 1. The van der Waals surface area contributed by atoms with Crippen LogP contribution in [0.4, 0.5) is 0 Å². The van der Waals surface area contributed by atoms with Gasteiger partial charge in [0.1, 0.15) is 5.84 Å². The Labute approximate surface area is 90.4 Å². The Balaban J connectivity index is 2.09. The largest absolute Gasteiger partial charge is 0.312 e. The van der Waals surface area contributed by atoms with Crippen molar-refractivity contribution in [1.82, 2.24) is 5.43 Å². The number of benzene rings is 1. The Morgan fingerprint density at radius 2 is 2.20 bits per heavy atom. The van der Waals surface area contributed by atoms with Crippen LogP contribution < -0.4 is 11.3 Å². The number of amidine groups is 1. The van der Waals surface area contributed by atoms with Crippen molar-refractivity contribution in [2.75, 3.05) is 0 Å². The van der Waals surface area contributed by atoms with Crippen molar-refractivity contribution in [2.24, 2.45) is 10.8 Å². The second-order valence-electron chi connectivity index (χ2n) is 4.05. The smallest absolute Gasteiger partial charge is 0.115 e. The molecule has 0 unspecified atom stereocenters. The van der Waals surface area contributed by atoms with Gasteiger partial charge in [0, 0.05) is 6.42 Å². The molecule has 0 heterocycles. The topological polar surface area (TPSA) is 50.4 Å². The van der Waals surface area contributed by atoms with Crippen LogP contribution in [-0.2, 0) is 6.42 Å². The predicted molar refractivity (Wildman–Crippen MR) is 62.7 cm³/mol. The van der Waals surface area contributed by atoms with Crippen molar-refractivity contribution < 1.29 is 0 Å². The van der Waals surface area contributed by atoms with Crippen LogP contribution in [0.3, 0.4) is 0 Å². The highest BCUT2D eigenvalue weighted by molar-refractivity contribution is 5.84. The van der Waals surface area contributed by atoms with Gasteiger partial charge in [-0.15, -0.1) is 0 Å². The molecule has 0 saturated heterocycles. The van der Waals surface area contributed by atoms with Gasteiger partial charge in [0.2, 0.25) is 0 Å². The van der Waals surface area contributed by atoms with E-state index in [9.17, 15) is 0 Å². The van der Waals surface area contributed by atoms with Gasteiger partial charge in [0.15, 0.2) is 0 Å². The van der Waals surface area contributed by atoms with Gasteiger partial charge >= 0.3 is 0 Å². The highest BCUT2D eigenvalue weighted by Gasteiger charge is 2.20. The number of nitrogens with zero attached hydrogens (tertiary/aromatic N) is 1. The van der Waals surface area contributed by atoms with Crippen molar-refractivity contribution in [3.63, 3.8) is 0 Å². The van der Waals surface area contributed by atoms with Crippen LogP contribution in [0, 0.1) is 6.92 Å². The Bertz CT molecular complexity index is 367. The predicted octanol–water partition coefficient (Wildman–Crippen LogP) is 1.56. The van der Waals surface area contributed by atoms with Gasteiger partial charge in [-0.2, -0.15) is 0 Å². The van der Waals surface area contributed by atoms with Crippen molar-refractivity contribution in [2.45, 2.75) is 32.2 Å². The van der Waals surface area contributed by atoms with E-state index >= 15 is 0 Å². The number of nitrogens with two attached hydrogens (primary N) is 1. The number of hydrogen-bond donors (Lipinski definition) is 2. The van der Waals surface area contributed by atoms with E-state index < -0.39 is 0 Å². The van der Waals surface area contributed by atoms with Gasteiger partial charge in [-0.25, -0.2) is 5.84 Å². The third kappa shape index (κ3) is 2.80. The SMILES string of the molecule is Cc1ccccc1CC(=NC1CC1)NN. The van der Waals surface area contributed by atoms with Gasteiger partial charge in [-0.3, -0.25) is 4.99 Å². The molecule has 0 aromatic heterocycles. The molecule has 0 aliphatic heterocycles. The van der Waals surface area contributed by atoms with E-state index in [0.29, 0.717) is 6.04 Å². The van der Waals surface area contributed by atoms with E-state index in [4.69, 9.17) is 5.84 Å². The second-order valence-corrected chi connectivity index (χ2v) is 4.05. The molecule has 1 aromatic carbocycles. The average Bonchev–Trinajstić information content (AvgIpc) is 3.04. The van der Waals surface area contributed by atoms with Crippen LogP contribution in [0.15, 0.2) is 29.3 Å². The Hall–Kier alpha value is -1.35. The van der Waals surface area contributed by atoms with Crippen molar-refractivity contribution in [3.8, 4) is 0 Å². The Morgan fingerprint density at radius 1 is 1.47 bits per heavy atom. The fourth-order valence-corrected chi connectivity index (χ4v) is 1.55. The molecule has 1 aromatic rings. The molecule has 0 radical (unpaired) electrons. The molecule has 1 aliphatic rings. The van der Waals surface area contributed by atoms with Gasteiger partial charge in [-0.05, 0) is 30.9 Å². The second kappa shape index (κ2) is 4.45. The third-order valence-corrected chi connectivity index (χ3v) is 2.67. The maximum absolute atomic E-state index is 5.47. The first kappa shape index (κ1) is 10.2. The van der Waals surface area contributed by atoms with Crippen molar-refractivity contribution in [1.29, 1.82) is 0 Å². The lowest BCUT2D eigenvalue weighted by molar-refractivity contribution is 0.938. The van der Waals surface area contributed by atoms with Crippen molar-refractivity contribution in [3.05, 3.63) is 35.4 Å². The average molecular weight is 203 g/mol.